The Bertz CT molecular complexity index is 383. The first kappa shape index (κ1) is 13.1. The predicted molar refractivity (Wildman–Crippen MR) is 71.8 cm³/mol. The van der Waals surface area contributed by atoms with E-state index in [9.17, 15) is 0 Å². The number of ether oxygens (including phenoxy) is 1. The van der Waals surface area contributed by atoms with E-state index in [1.54, 1.807) is 12.3 Å². The van der Waals surface area contributed by atoms with Crippen LogP contribution in [0.1, 0.15) is 26.7 Å². The summed E-state index contributed by atoms with van der Waals surface area (Å²) in [4.78, 5) is 11.0. The van der Waals surface area contributed by atoms with Gasteiger partial charge in [-0.15, -0.1) is 0 Å². The molecule has 18 heavy (non-hydrogen) atoms. The minimum atomic E-state index is 0.225. The van der Waals surface area contributed by atoms with E-state index in [0.29, 0.717) is 18.4 Å². The third-order valence-corrected chi connectivity index (χ3v) is 3.39. The second-order valence-corrected chi connectivity index (χ2v) is 4.84. The van der Waals surface area contributed by atoms with Gasteiger partial charge >= 0.3 is 0 Å². The number of aromatic nitrogens is 2. The molecule has 1 aromatic rings. The molecule has 1 aliphatic heterocycles. The maximum atomic E-state index is 5.99. The molecule has 2 N–H and O–H groups in total. The molecule has 1 saturated heterocycles. The highest BCUT2D eigenvalue weighted by Gasteiger charge is 2.24. The van der Waals surface area contributed by atoms with Gasteiger partial charge in [-0.3, -0.25) is 0 Å². The van der Waals surface area contributed by atoms with Gasteiger partial charge in [0.05, 0.1) is 6.61 Å². The van der Waals surface area contributed by atoms with Crippen LogP contribution in [0, 0.1) is 5.92 Å². The molecule has 2 heterocycles. The van der Waals surface area contributed by atoms with Gasteiger partial charge in [0.25, 0.3) is 0 Å². The second-order valence-electron chi connectivity index (χ2n) is 4.84. The van der Waals surface area contributed by atoms with Gasteiger partial charge in [0.15, 0.2) is 0 Å². The highest BCUT2D eigenvalue weighted by molar-refractivity contribution is 5.32. The van der Waals surface area contributed by atoms with E-state index in [1.165, 1.54) is 6.42 Å². The zero-order chi connectivity index (χ0) is 13.0. The molecular formula is C13H22N4O. The van der Waals surface area contributed by atoms with E-state index in [4.69, 9.17) is 10.5 Å². The molecule has 0 saturated carbocycles. The van der Waals surface area contributed by atoms with Gasteiger partial charge < -0.3 is 15.4 Å². The largest absolute Gasteiger partial charge is 0.478 e. The van der Waals surface area contributed by atoms with Crippen molar-refractivity contribution < 1.29 is 4.74 Å². The summed E-state index contributed by atoms with van der Waals surface area (Å²) < 4.78 is 5.41. The Labute approximate surface area is 108 Å². The second kappa shape index (κ2) is 6.00. The van der Waals surface area contributed by atoms with Crippen LogP contribution in [0.2, 0.25) is 0 Å². The number of hydrogen-bond acceptors (Lipinski definition) is 5. The van der Waals surface area contributed by atoms with E-state index in [1.807, 2.05) is 6.92 Å². The molecule has 1 aliphatic rings. The third-order valence-electron chi connectivity index (χ3n) is 3.39. The first-order valence-corrected chi connectivity index (χ1v) is 6.67. The van der Waals surface area contributed by atoms with Crippen LogP contribution >= 0.6 is 0 Å². The van der Waals surface area contributed by atoms with E-state index in [0.717, 1.165) is 25.5 Å². The number of rotatable bonds is 4. The molecule has 1 aromatic heterocycles. The fourth-order valence-corrected chi connectivity index (χ4v) is 2.33. The summed E-state index contributed by atoms with van der Waals surface area (Å²) in [6.07, 6.45) is 4.09. The molecule has 2 atom stereocenters. The molecule has 2 rings (SSSR count). The maximum absolute atomic E-state index is 5.99. The summed E-state index contributed by atoms with van der Waals surface area (Å²) in [5.74, 6) is 1.93. The van der Waals surface area contributed by atoms with Gasteiger partial charge in [0.1, 0.15) is 0 Å². The summed E-state index contributed by atoms with van der Waals surface area (Å²) in [5, 5.41) is 0. The summed E-state index contributed by atoms with van der Waals surface area (Å²) in [6, 6.07) is 2.02. The van der Waals surface area contributed by atoms with Gasteiger partial charge in [-0.25, -0.2) is 4.98 Å². The monoisotopic (exact) mass is 250 g/mol. The maximum Gasteiger partial charge on any atom is 0.228 e. The summed E-state index contributed by atoms with van der Waals surface area (Å²) >= 11 is 0. The van der Waals surface area contributed by atoms with Crippen molar-refractivity contribution in [3.8, 4) is 5.88 Å². The summed E-state index contributed by atoms with van der Waals surface area (Å²) in [5.41, 5.74) is 5.99. The van der Waals surface area contributed by atoms with Crippen molar-refractivity contribution >= 4 is 5.95 Å². The fraction of sp³-hybridized carbons (Fsp3) is 0.692. The lowest BCUT2D eigenvalue weighted by atomic mass is 9.92. The van der Waals surface area contributed by atoms with E-state index >= 15 is 0 Å². The van der Waals surface area contributed by atoms with Crippen LogP contribution in [0.4, 0.5) is 5.95 Å². The minimum Gasteiger partial charge on any atom is -0.478 e. The van der Waals surface area contributed by atoms with Gasteiger partial charge in [0.2, 0.25) is 11.8 Å². The summed E-state index contributed by atoms with van der Waals surface area (Å²) in [7, 11) is 0. The molecule has 5 heteroatoms. The Balaban J connectivity index is 2.08. The van der Waals surface area contributed by atoms with Crippen LogP contribution in [-0.4, -0.2) is 35.7 Å². The summed E-state index contributed by atoms with van der Waals surface area (Å²) in [6.45, 7) is 6.59. The van der Waals surface area contributed by atoms with Crippen molar-refractivity contribution in [2.75, 3.05) is 24.6 Å². The smallest absolute Gasteiger partial charge is 0.228 e. The molecule has 0 aliphatic carbocycles. The van der Waals surface area contributed by atoms with Crippen LogP contribution in [0.15, 0.2) is 12.3 Å². The zero-order valence-corrected chi connectivity index (χ0v) is 11.2. The molecule has 0 radical (unpaired) electrons. The highest BCUT2D eigenvalue weighted by Crippen LogP contribution is 2.22. The molecule has 100 valence electrons. The van der Waals surface area contributed by atoms with Crippen LogP contribution in [0.25, 0.3) is 0 Å². The zero-order valence-electron chi connectivity index (χ0n) is 11.2. The molecule has 0 amide bonds. The van der Waals surface area contributed by atoms with Gasteiger partial charge in [-0.05, 0) is 32.6 Å². The SMILES string of the molecule is CCOc1ccnc(N2CCCC(C(C)N)C2)n1. The van der Waals surface area contributed by atoms with Gasteiger partial charge in [-0.1, -0.05) is 0 Å². The van der Waals surface area contributed by atoms with Crippen molar-refractivity contribution in [2.24, 2.45) is 11.7 Å². The highest BCUT2D eigenvalue weighted by atomic mass is 16.5. The van der Waals surface area contributed by atoms with E-state index in [2.05, 4.69) is 21.8 Å². The predicted octanol–water partition coefficient (Wildman–Crippen LogP) is 1.44. The Morgan fingerprint density at radius 2 is 2.44 bits per heavy atom. The van der Waals surface area contributed by atoms with E-state index in [-0.39, 0.29) is 6.04 Å². The number of hydrogen-bond donors (Lipinski definition) is 1. The number of anilines is 1. The number of nitrogens with zero attached hydrogens (tertiary/aromatic N) is 3. The first-order chi connectivity index (χ1) is 8.70. The molecule has 0 spiro atoms. The fourth-order valence-electron chi connectivity index (χ4n) is 2.33. The van der Waals surface area contributed by atoms with Gasteiger partial charge in [0, 0.05) is 31.4 Å². The van der Waals surface area contributed by atoms with Crippen molar-refractivity contribution in [3.63, 3.8) is 0 Å². The lowest BCUT2D eigenvalue weighted by Gasteiger charge is -2.34. The molecular weight excluding hydrogens is 228 g/mol. The quantitative estimate of drug-likeness (QED) is 0.876. The number of piperidine rings is 1. The Hall–Kier alpha value is -1.36. The number of nitrogens with two attached hydrogens (primary N) is 1. The molecule has 1 fully saturated rings. The molecule has 0 bridgehead atoms. The van der Waals surface area contributed by atoms with Crippen molar-refractivity contribution in [1.29, 1.82) is 0 Å². The third kappa shape index (κ3) is 3.10. The van der Waals surface area contributed by atoms with Crippen molar-refractivity contribution in [2.45, 2.75) is 32.7 Å². The topological polar surface area (TPSA) is 64.3 Å². The Morgan fingerprint density at radius 3 is 3.17 bits per heavy atom. The van der Waals surface area contributed by atoms with Crippen molar-refractivity contribution in [3.05, 3.63) is 12.3 Å². The lowest BCUT2D eigenvalue weighted by Crippen LogP contribution is -2.43. The van der Waals surface area contributed by atoms with Crippen molar-refractivity contribution in [1.82, 2.24) is 9.97 Å². The average Bonchev–Trinajstić information content (AvgIpc) is 2.39. The molecule has 5 nitrogen and oxygen atoms in total. The average molecular weight is 250 g/mol. The Kier molecular flexibility index (Phi) is 4.36. The standard InChI is InChI=1S/C13H22N4O/c1-3-18-12-6-7-15-13(16-12)17-8-4-5-11(9-17)10(2)14/h6-7,10-11H,3-5,8-9,14H2,1-2H3. The minimum absolute atomic E-state index is 0.225. The van der Waals surface area contributed by atoms with Crippen LogP contribution in [-0.2, 0) is 0 Å². The Morgan fingerprint density at radius 1 is 1.61 bits per heavy atom. The van der Waals surface area contributed by atoms with Crippen LogP contribution in [0.5, 0.6) is 5.88 Å². The van der Waals surface area contributed by atoms with Crippen LogP contribution < -0.4 is 15.4 Å². The normalized spacial score (nSPS) is 21.7. The molecule has 0 aromatic carbocycles. The first-order valence-electron chi connectivity index (χ1n) is 6.67. The van der Waals surface area contributed by atoms with Crippen LogP contribution in [0.3, 0.4) is 0 Å². The lowest BCUT2D eigenvalue weighted by molar-refractivity contribution is 0.324. The molecule has 2 unspecified atom stereocenters. The van der Waals surface area contributed by atoms with E-state index < -0.39 is 0 Å². The van der Waals surface area contributed by atoms with Gasteiger partial charge in [-0.2, -0.15) is 4.98 Å².